The first-order valence-electron chi connectivity index (χ1n) is 7.11. The Hall–Kier alpha value is -1.88. The molecule has 1 N–H and O–H groups in total. The molecule has 1 saturated heterocycles. The maximum Gasteiger partial charge on any atom is 0.255 e. The summed E-state index contributed by atoms with van der Waals surface area (Å²) in [6.07, 6.45) is 0.826. The van der Waals surface area contributed by atoms with Crippen molar-refractivity contribution in [2.45, 2.75) is 26.3 Å². The van der Waals surface area contributed by atoms with Gasteiger partial charge in [-0.05, 0) is 19.4 Å². The van der Waals surface area contributed by atoms with Gasteiger partial charge in [0.1, 0.15) is 0 Å². The number of carbonyl (C=O) groups excluding carboxylic acids is 2. The number of fused-ring (bicyclic) bond motifs is 1. The number of hydrogen-bond donors (Lipinski definition) is 1. The van der Waals surface area contributed by atoms with E-state index in [1.165, 1.54) is 6.92 Å². The standard InChI is InChI=1S/C16H18N2O2S/c1-10-15(13-5-3-4-6-14(13)21-10)16(20)18-8-7-12(9-18)17-11(2)19/h3-6,12H,7-9H2,1-2H3,(H,17,19). The fraction of sp³-hybridized carbons (Fsp3) is 0.375. The molecule has 1 aromatic heterocycles. The smallest absolute Gasteiger partial charge is 0.255 e. The van der Waals surface area contributed by atoms with E-state index < -0.39 is 0 Å². The van der Waals surface area contributed by atoms with E-state index in [9.17, 15) is 9.59 Å². The summed E-state index contributed by atoms with van der Waals surface area (Å²) in [4.78, 5) is 26.8. The average molecular weight is 302 g/mol. The molecule has 5 heteroatoms. The number of nitrogens with one attached hydrogen (secondary N) is 1. The third kappa shape index (κ3) is 2.65. The number of benzene rings is 1. The molecule has 0 aliphatic carbocycles. The van der Waals surface area contributed by atoms with Gasteiger partial charge in [-0.3, -0.25) is 9.59 Å². The van der Waals surface area contributed by atoms with Crippen molar-refractivity contribution in [2.75, 3.05) is 13.1 Å². The number of amides is 2. The maximum absolute atomic E-state index is 12.8. The van der Waals surface area contributed by atoms with Gasteiger partial charge in [0.2, 0.25) is 5.91 Å². The van der Waals surface area contributed by atoms with E-state index >= 15 is 0 Å². The van der Waals surface area contributed by atoms with E-state index in [1.807, 2.05) is 36.1 Å². The summed E-state index contributed by atoms with van der Waals surface area (Å²) in [5, 5.41) is 3.93. The maximum atomic E-state index is 12.8. The molecule has 1 unspecified atom stereocenters. The number of rotatable bonds is 2. The predicted octanol–water partition coefficient (Wildman–Crippen LogP) is 2.56. The van der Waals surface area contributed by atoms with E-state index in [0.717, 1.165) is 26.9 Å². The average Bonchev–Trinajstić information content (AvgIpc) is 3.00. The first-order chi connectivity index (χ1) is 10.1. The van der Waals surface area contributed by atoms with Gasteiger partial charge in [-0.2, -0.15) is 0 Å². The van der Waals surface area contributed by atoms with Gasteiger partial charge in [-0.1, -0.05) is 18.2 Å². The molecule has 2 amide bonds. The van der Waals surface area contributed by atoms with E-state index in [4.69, 9.17) is 0 Å². The van der Waals surface area contributed by atoms with Crippen LogP contribution in [0.1, 0.15) is 28.6 Å². The summed E-state index contributed by atoms with van der Waals surface area (Å²) in [5.41, 5.74) is 0.819. The Morgan fingerprint density at radius 3 is 2.86 bits per heavy atom. The topological polar surface area (TPSA) is 49.4 Å². The molecular formula is C16H18N2O2S. The highest BCUT2D eigenvalue weighted by molar-refractivity contribution is 7.19. The number of nitrogens with zero attached hydrogens (tertiary/aromatic N) is 1. The van der Waals surface area contributed by atoms with Crippen LogP contribution in [0.4, 0.5) is 0 Å². The van der Waals surface area contributed by atoms with Crippen molar-refractivity contribution in [1.82, 2.24) is 10.2 Å². The third-order valence-corrected chi connectivity index (χ3v) is 4.95. The minimum Gasteiger partial charge on any atom is -0.352 e. The molecule has 1 aromatic carbocycles. The van der Waals surface area contributed by atoms with Gasteiger partial charge < -0.3 is 10.2 Å². The number of thiophene rings is 1. The van der Waals surface area contributed by atoms with Crippen LogP contribution in [-0.2, 0) is 4.79 Å². The van der Waals surface area contributed by atoms with Gasteiger partial charge in [0, 0.05) is 41.0 Å². The fourth-order valence-corrected chi connectivity index (χ4v) is 4.00. The Morgan fingerprint density at radius 2 is 2.10 bits per heavy atom. The van der Waals surface area contributed by atoms with Crippen LogP contribution in [0, 0.1) is 6.92 Å². The van der Waals surface area contributed by atoms with Crippen molar-refractivity contribution in [3.05, 3.63) is 34.7 Å². The van der Waals surface area contributed by atoms with Crippen LogP contribution in [0.5, 0.6) is 0 Å². The normalized spacial score (nSPS) is 18.2. The van der Waals surface area contributed by atoms with Gasteiger partial charge >= 0.3 is 0 Å². The second-order valence-electron chi connectivity index (χ2n) is 5.47. The fourth-order valence-electron chi connectivity index (χ4n) is 2.94. The first kappa shape index (κ1) is 14.1. The van der Waals surface area contributed by atoms with Crippen molar-refractivity contribution >= 4 is 33.2 Å². The van der Waals surface area contributed by atoms with Crippen molar-refractivity contribution in [2.24, 2.45) is 0 Å². The predicted molar refractivity (Wildman–Crippen MR) is 84.7 cm³/mol. The summed E-state index contributed by atoms with van der Waals surface area (Å²) in [6, 6.07) is 8.10. The second-order valence-corrected chi connectivity index (χ2v) is 6.72. The molecule has 110 valence electrons. The second kappa shape index (κ2) is 5.48. The minimum absolute atomic E-state index is 0.0357. The lowest BCUT2D eigenvalue weighted by molar-refractivity contribution is -0.119. The van der Waals surface area contributed by atoms with Crippen molar-refractivity contribution < 1.29 is 9.59 Å². The van der Waals surface area contributed by atoms with E-state index in [2.05, 4.69) is 5.32 Å². The Bertz CT molecular complexity index is 707. The van der Waals surface area contributed by atoms with Crippen molar-refractivity contribution in [1.29, 1.82) is 0 Å². The molecule has 0 spiro atoms. The molecule has 1 atom stereocenters. The van der Waals surface area contributed by atoms with Crippen molar-refractivity contribution in [3.63, 3.8) is 0 Å². The summed E-state index contributed by atoms with van der Waals surface area (Å²) in [7, 11) is 0. The summed E-state index contributed by atoms with van der Waals surface area (Å²) < 4.78 is 1.15. The van der Waals surface area contributed by atoms with Gasteiger partial charge in [0.15, 0.2) is 0 Å². The highest BCUT2D eigenvalue weighted by atomic mass is 32.1. The Balaban J connectivity index is 1.85. The molecule has 0 bridgehead atoms. The molecule has 1 fully saturated rings. The SMILES string of the molecule is CC(=O)NC1CCN(C(=O)c2c(C)sc3ccccc23)C1. The molecule has 0 saturated carbocycles. The number of aryl methyl sites for hydroxylation is 1. The lowest BCUT2D eigenvalue weighted by atomic mass is 10.1. The van der Waals surface area contributed by atoms with Crippen LogP contribution in [0.25, 0.3) is 10.1 Å². The Labute approximate surface area is 127 Å². The van der Waals surface area contributed by atoms with Gasteiger partial charge in [0.05, 0.1) is 5.56 Å². The summed E-state index contributed by atoms with van der Waals surface area (Å²) in [6.45, 7) is 4.82. The number of likely N-dealkylation sites (tertiary alicyclic amines) is 1. The van der Waals surface area contributed by atoms with Crippen LogP contribution in [0.2, 0.25) is 0 Å². The zero-order valence-electron chi connectivity index (χ0n) is 12.2. The van der Waals surface area contributed by atoms with E-state index in [1.54, 1.807) is 11.3 Å². The Kier molecular flexibility index (Phi) is 3.68. The van der Waals surface area contributed by atoms with E-state index in [0.29, 0.717) is 13.1 Å². The zero-order chi connectivity index (χ0) is 15.0. The largest absolute Gasteiger partial charge is 0.352 e. The summed E-state index contributed by atoms with van der Waals surface area (Å²) in [5.74, 6) is 0.0456. The van der Waals surface area contributed by atoms with Gasteiger partial charge in [0.25, 0.3) is 5.91 Å². The molecule has 2 heterocycles. The van der Waals surface area contributed by atoms with Crippen LogP contribution < -0.4 is 5.32 Å². The molecule has 4 nitrogen and oxygen atoms in total. The molecule has 2 aromatic rings. The number of hydrogen-bond acceptors (Lipinski definition) is 3. The van der Waals surface area contributed by atoms with Crippen LogP contribution in [0.15, 0.2) is 24.3 Å². The molecular weight excluding hydrogens is 284 g/mol. The molecule has 1 aliphatic rings. The quantitative estimate of drug-likeness (QED) is 0.927. The monoisotopic (exact) mass is 302 g/mol. The third-order valence-electron chi connectivity index (χ3n) is 3.87. The van der Waals surface area contributed by atoms with Gasteiger partial charge in [-0.15, -0.1) is 11.3 Å². The van der Waals surface area contributed by atoms with Crippen LogP contribution in [0.3, 0.4) is 0 Å². The minimum atomic E-state index is -0.0357. The highest BCUT2D eigenvalue weighted by Gasteiger charge is 2.29. The molecule has 0 radical (unpaired) electrons. The molecule has 1 aliphatic heterocycles. The first-order valence-corrected chi connectivity index (χ1v) is 7.92. The lowest BCUT2D eigenvalue weighted by Crippen LogP contribution is -2.37. The molecule has 21 heavy (non-hydrogen) atoms. The Morgan fingerprint density at radius 1 is 1.33 bits per heavy atom. The highest BCUT2D eigenvalue weighted by Crippen LogP contribution is 2.32. The zero-order valence-corrected chi connectivity index (χ0v) is 13.0. The number of carbonyl (C=O) groups is 2. The van der Waals surface area contributed by atoms with Gasteiger partial charge in [-0.25, -0.2) is 0 Å². The lowest BCUT2D eigenvalue weighted by Gasteiger charge is -2.17. The van der Waals surface area contributed by atoms with Crippen LogP contribution >= 0.6 is 11.3 Å². The van der Waals surface area contributed by atoms with E-state index in [-0.39, 0.29) is 17.9 Å². The summed E-state index contributed by atoms with van der Waals surface area (Å²) >= 11 is 1.66. The van der Waals surface area contributed by atoms with Crippen LogP contribution in [-0.4, -0.2) is 35.8 Å². The molecule has 3 rings (SSSR count). The van der Waals surface area contributed by atoms with Crippen molar-refractivity contribution in [3.8, 4) is 0 Å².